The Kier molecular flexibility index (Phi) is 7.76. The Morgan fingerprint density at radius 1 is 1.33 bits per heavy atom. The summed E-state index contributed by atoms with van der Waals surface area (Å²) in [5, 5.41) is 14.4. The molecule has 0 aromatic heterocycles. The normalized spacial score (nSPS) is 16.2. The molecule has 1 aliphatic rings. The second-order valence-corrected chi connectivity index (χ2v) is 7.30. The summed E-state index contributed by atoms with van der Waals surface area (Å²) in [5.41, 5.74) is 0.370. The Bertz CT molecular complexity index is 681. The molecule has 1 unspecified atom stereocenters. The third kappa shape index (κ3) is 6.34. The molecular weight excluding hydrogens is 348 g/mol. The van der Waals surface area contributed by atoms with Crippen LogP contribution in [-0.2, 0) is 4.79 Å². The molecule has 1 aromatic rings. The second kappa shape index (κ2) is 10.0. The molecule has 7 nitrogen and oxygen atoms in total. The summed E-state index contributed by atoms with van der Waals surface area (Å²) in [5.74, 6) is 0.0587. The maximum absolute atomic E-state index is 12.2. The van der Waals surface area contributed by atoms with E-state index in [1.54, 1.807) is 19.9 Å². The van der Waals surface area contributed by atoms with Crippen molar-refractivity contribution < 1.29 is 19.2 Å². The molecule has 27 heavy (non-hydrogen) atoms. The van der Waals surface area contributed by atoms with Crippen molar-refractivity contribution in [1.29, 1.82) is 0 Å². The highest BCUT2D eigenvalue weighted by Crippen LogP contribution is 2.32. The van der Waals surface area contributed by atoms with Crippen LogP contribution in [-0.4, -0.2) is 29.3 Å². The van der Waals surface area contributed by atoms with E-state index >= 15 is 0 Å². The molecule has 0 bridgehead atoms. The van der Waals surface area contributed by atoms with Crippen molar-refractivity contribution in [3.8, 4) is 5.75 Å². The van der Waals surface area contributed by atoms with Gasteiger partial charge in [0.25, 0.3) is 0 Å². The number of aryl methyl sites for hydroxylation is 1. The molecule has 0 saturated heterocycles. The van der Waals surface area contributed by atoms with E-state index in [0.717, 1.165) is 25.7 Å². The molecule has 1 aliphatic carbocycles. The first-order valence-electron chi connectivity index (χ1n) is 9.61. The molecule has 2 rings (SSSR count). The van der Waals surface area contributed by atoms with Gasteiger partial charge in [0.1, 0.15) is 0 Å². The number of carbonyl (C=O) groups is 2. The molecule has 0 heterocycles. The number of nitro benzene ring substituents is 1. The van der Waals surface area contributed by atoms with Gasteiger partial charge in [0.05, 0.1) is 16.6 Å². The number of nitro groups is 1. The molecule has 0 aliphatic heterocycles. The smallest absolute Gasteiger partial charge is 0.321 e. The van der Waals surface area contributed by atoms with Gasteiger partial charge in [0.15, 0.2) is 12.0 Å². The van der Waals surface area contributed by atoms with Crippen LogP contribution in [0, 0.1) is 17.0 Å². The summed E-state index contributed by atoms with van der Waals surface area (Å²) in [7, 11) is 0. The van der Waals surface area contributed by atoms with Crippen LogP contribution in [0.5, 0.6) is 5.75 Å². The van der Waals surface area contributed by atoms with Gasteiger partial charge in [-0.1, -0.05) is 25.7 Å². The van der Waals surface area contributed by atoms with E-state index in [2.05, 4.69) is 5.32 Å². The van der Waals surface area contributed by atoms with Gasteiger partial charge >= 0.3 is 5.69 Å². The van der Waals surface area contributed by atoms with Crippen molar-refractivity contribution >= 4 is 17.9 Å². The highest BCUT2D eigenvalue weighted by Gasteiger charge is 2.23. The zero-order valence-corrected chi connectivity index (χ0v) is 16.0. The van der Waals surface area contributed by atoms with E-state index in [4.69, 9.17) is 4.74 Å². The fraction of sp³-hybridized carbons (Fsp3) is 0.600. The van der Waals surface area contributed by atoms with Crippen LogP contribution in [0.4, 0.5) is 5.69 Å². The number of hydrogen-bond donors (Lipinski definition) is 1. The van der Waals surface area contributed by atoms with Gasteiger partial charge in [0, 0.05) is 12.5 Å². The molecule has 0 spiro atoms. The lowest BCUT2D eigenvalue weighted by Gasteiger charge is -2.18. The van der Waals surface area contributed by atoms with E-state index < -0.39 is 4.92 Å². The summed E-state index contributed by atoms with van der Waals surface area (Å²) in [4.78, 5) is 34.0. The molecule has 148 valence electrons. The second-order valence-electron chi connectivity index (χ2n) is 7.30. The van der Waals surface area contributed by atoms with Gasteiger partial charge in [-0.15, -0.1) is 0 Å². The maximum Gasteiger partial charge on any atom is 0.321 e. The lowest BCUT2D eigenvalue weighted by molar-refractivity contribution is -0.386. The highest BCUT2D eigenvalue weighted by atomic mass is 16.6. The average molecular weight is 376 g/mol. The molecule has 0 radical (unpaired) electrons. The van der Waals surface area contributed by atoms with Gasteiger partial charge in [-0.25, -0.2) is 0 Å². The van der Waals surface area contributed by atoms with Crippen LogP contribution >= 0.6 is 0 Å². The van der Waals surface area contributed by atoms with Crippen molar-refractivity contribution in [3.63, 3.8) is 0 Å². The van der Waals surface area contributed by atoms with Crippen LogP contribution < -0.4 is 10.1 Å². The third-order valence-electron chi connectivity index (χ3n) is 4.88. The number of rotatable bonds is 8. The van der Waals surface area contributed by atoms with E-state index in [9.17, 15) is 19.7 Å². The van der Waals surface area contributed by atoms with Gasteiger partial charge < -0.3 is 10.1 Å². The molecule has 1 fully saturated rings. The number of nitrogens with zero attached hydrogens (tertiary/aromatic N) is 1. The number of benzene rings is 1. The van der Waals surface area contributed by atoms with E-state index in [1.165, 1.54) is 18.9 Å². The van der Waals surface area contributed by atoms with Gasteiger partial charge in [0.2, 0.25) is 5.91 Å². The minimum atomic E-state index is -0.607. The standard InChI is InChI=1S/C20H28N2O5/c1-14-11-16(13-23)20(22(25)26)18(12-14)27-15(2)9-10-19(24)21-17-7-5-3-4-6-8-17/h11-13,15,17H,3-10H2,1-2H3,(H,21,24). The lowest BCUT2D eigenvalue weighted by atomic mass is 10.1. The Labute approximate surface area is 159 Å². The lowest BCUT2D eigenvalue weighted by Crippen LogP contribution is -2.34. The van der Waals surface area contributed by atoms with Crippen LogP contribution in [0.15, 0.2) is 12.1 Å². The van der Waals surface area contributed by atoms with E-state index in [-0.39, 0.29) is 35.1 Å². The van der Waals surface area contributed by atoms with Gasteiger partial charge in [-0.2, -0.15) is 0 Å². The number of ether oxygens (including phenoxy) is 1. The first kappa shape index (κ1) is 20.9. The quantitative estimate of drug-likeness (QED) is 0.319. The van der Waals surface area contributed by atoms with Gasteiger partial charge in [-0.05, 0) is 50.8 Å². The maximum atomic E-state index is 12.2. The number of amides is 1. The molecule has 1 saturated carbocycles. The van der Waals surface area contributed by atoms with Crippen molar-refractivity contribution in [1.82, 2.24) is 5.32 Å². The average Bonchev–Trinajstić information content (AvgIpc) is 2.87. The predicted octanol–water partition coefficient (Wildman–Crippen LogP) is 4.10. The van der Waals surface area contributed by atoms with Crippen molar-refractivity contribution in [2.75, 3.05) is 0 Å². The van der Waals surface area contributed by atoms with Crippen LogP contribution in [0.2, 0.25) is 0 Å². The zero-order valence-electron chi connectivity index (χ0n) is 16.0. The number of hydrogen-bond acceptors (Lipinski definition) is 5. The van der Waals surface area contributed by atoms with E-state index in [1.807, 2.05) is 0 Å². The summed E-state index contributed by atoms with van der Waals surface area (Å²) in [6.07, 6.45) is 7.65. The summed E-state index contributed by atoms with van der Waals surface area (Å²) in [6.45, 7) is 3.51. The Hall–Kier alpha value is -2.44. The van der Waals surface area contributed by atoms with Crippen molar-refractivity contribution in [2.24, 2.45) is 0 Å². The SMILES string of the molecule is Cc1cc(C=O)c([N+](=O)[O-])c(OC(C)CCC(=O)NC2CCCCCC2)c1. The van der Waals surface area contributed by atoms with Crippen LogP contribution in [0.3, 0.4) is 0 Å². The highest BCUT2D eigenvalue weighted by molar-refractivity contribution is 5.84. The topological polar surface area (TPSA) is 98.5 Å². The zero-order chi connectivity index (χ0) is 19.8. The Balaban J connectivity index is 1.92. The van der Waals surface area contributed by atoms with E-state index in [0.29, 0.717) is 24.7 Å². The molecule has 1 aromatic carbocycles. The first-order valence-corrected chi connectivity index (χ1v) is 9.61. The largest absolute Gasteiger partial charge is 0.484 e. The first-order chi connectivity index (χ1) is 12.9. The number of nitrogens with one attached hydrogen (secondary N) is 1. The van der Waals surface area contributed by atoms with Gasteiger partial charge in [-0.3, -0.25) is 19.7 Å². The van der Waals surface area contributed by atoms with Crippen molar-refractivity contribution in [2.45, 2.75) is 77.4 Å². The third-order valence-corrected chi connectivity index (χ3v) is 4.88. The fourth-order valence-electron chi connectivity index (χ4n) is 3.48. The molecular formula is C20H28N2O5. The fourth-order valence-corrected chi connectivity index (χ4v) is 3.48. The summed E-state index contributed by atoms with van der Waals surface area (Å²) in [6, 6.07) is 3.26. The van der Waals surface area contributed by atoms with Crippen LogP contribution in [0.25, 0.3) is 0 Å². The Morgan fingerprint density at radius 3 is 2.59 bits per heavy atom. The van der Waals surface area contributed by atoms with Crippen molar-refractivity contribution in [3.05, 3.63) is 33.4 Å². The Morgan fingerprint density at radius 2 is 2.00 bits per heavy atom. The number of aldehydes is 1. The predicted molar refractivity (Wildman–Crippen MR) is 102 cm³/mol. The minimum absolute atomic E-state index is 0.00620. The number of carbonyl (C=O) groups excluding carboxylic acids is 2. The molecule has 1 N–H and O–H groups in total. The molecule has 1 amide bonds. The summed E-state index contributed by atoms with van der Waals surface area (Å²) >= 11 is 0. The van der Waals surface area contributed by atoms with Crippen LogP contribution in [0.1, 0.15) is 74.2 Å². The minimum Gasteiger partial charge on any atom is -0.484 e. The molecule has 7 heteroatoms. The molecule has 1 atom stereocenters. The monoisotopic (exact) mass is 376 g/mol. The summed E-state index contributed by atoms with van der Waals surface area (Å²) < 4.78 is 5.71.